The van der Waals surface area contributed by atoms with E-state index in [1.165, 1.54) is 128 Å². The van der Waals surface area contributed by atoms with Crippen molar-refractivity contribution in [2.75, 3.05) is 0 Å². The first-order chi connectivity index (χ1) is 45.6. The van der Waals surface area contributed by atoms with Gasteiger partial charge in [-0.05, 0) is 145 Å². The molecule has 0 spiro atoms. The molecule has 6 aromatic heterocycles. The van der Waals surface area contributed by atoms with E-state index in [4.69, 9.17) is 19.9 Å². The van der Waals surface area contributed by atoms with E-state index in [0.717, 1.165) is 72.3 Å². The molecule has 6 nitrogen and oxygen atoms in total. The molecule has 0 saturated carbocycles. The molecule has 2 aliphatic rings. The van der Waals surface area contributed by atoms with Gasteiger partial charge in [-0.1, -0.05) is 200 Å². The summed E-state index contributed by atoms with van der Waals surface area (Å²) in [6.45, 7) is 0. The first-order valence-corrected chi connectivity index (χ1v) is 32.8. The summed E-state index contributed by atoms with van der Waals surface area (Å²) in [5.74, 6) is 1.53. The minimum Gasteiger partial charge on any atom is -0.292 e. The zero-order chi connectivity index (χ0) is 59.9. The monoisotopic (exact) mass is 1200 g/mol. The molecular weight excluding hydrogens is 1160 g/mol. The summed E-state index contributed by atoms with van der Waals surface area (Å²) in [5.41, 5.74) is 21.4. The fourth-order valence-corrected chi connectivity index (χ4v) is 17.8. The van der Waals surface area contributed by atoms with E-state index >= 15 is 0 Å². The number of nitrogens with zero attached hydrogens (tertiary/aromatic N) is 6. The maximum absolute atomic E-state index is 5.36. The summed E-state index contributed by atoms with van der Waals surface area (Å²) in [4.78, 5) is 21.1. The van der Waals surface area contributed by atoms with Gasteiger partial charge in [-0.15, -0.1) is 22.7 Å². The highest BCUT2D eigenvalue weighted by Gasteiger charge is 2.30. The minimum absolute atomic E-state index is 0.687. The third-order valence-corrected chi connectivity index (χ3v) is 21.7. The van der Waals surface area contributed by atoms with Crippen molar-refractivity contribution in [1.29, 1.82) is 0 Å². The van der Waals surface area contributed by atoms with Crippen LogP contribution >= 0.6 is 22.7 Å². The van der Waals surface area contributed by atoms with Crippen molar-refractivity contribution in [3.05, 3.63) is 279 Å². The highest BCUT2D eigenvalue weighted by Crippen LogP contribution is 2.54. The van der Waals surface area contributed by atoms with Gasteiger partial charge in [-0.3, -0.25) is 9.13 Å². The van der Waals surface area contributed by atoms with E-state index in [-0.39, 0.29) is 0 Å². The third-order valence-electron chi connectivity index (χ3n) is 19.4. The molecule has 0 aliphatic heterocycles. The molecule has 14 aromatic carbocycles. The summed E-state index contributed by atoms with van der Waals surface area (Å²) in [7, 11) is 0. The number of rotatable bonds is 4. The van der Waals surface area contributed by atoms with E-state index in [0.29, 0.717) is 5.95 Å². The highest BCUT2D eigenvalue weighted by molar-refractivity contribution is 7.26. The number of benzene rings is 14. The van der Waals surface area contributed by atoms with Gasteiger partial charge in [0.1, 0.15) is 5.69 Å². The van der Waals surface area contributed by atoms with Gasteiger partial charge in [0.05, 0.1) is 44.3 Å². The maximum Gasteiger partial charge on any atom is 0.235 e. The molecule has 424 valence electrons. The van der Waals surface area contributed by atoms with E-state index in [2.05, 4.69) is 264 Å². The normalized spacial score (nSPS) is 12.3. The van der Waals surface area contributed by atoms with Crippen LogP contribution in [0.1, 0.15) is 0 Å². The van der Waals surface area contributed by atoms with Crippen molar-refractivity contribution in [1.82, 2.24) is 29.1 Å². The van der Waals surface area contributed by atoms with Gasteiger partial charge in [-0.2, -0.15) is 0 Å². The van der Waals surface area contributed by atoms with Gasteiger partial charge in [0.25, 0.3) is 0 Å². The number of hydrogen-bond acceptors (Lipinski definition) is 6. The predicted molar refractivity (Wildman–Crippen MR) is 388 cm³/mol. The lowest BCUT2D eigenvalue weighted by molar-refractivity contribution is 1.01. The third kappa shape index (κ3) is 7.02. The van der Waals surface area contributed by atoms with Crippen LogP contribution in [0.5, 0.6) is 0 Å². The molecule has 20 aromatic rings. The van der Waals surface area contributed by atoms with Crippen molar-refractivity contribution >= 4 is 150 Å². The summed E-state index contributed by atoms with van der Waals surface area (Å²) < 4.78 is 9.92. The smallest absolute Gasteiger partial charge is 0.235 e. The number of aromatic nitrogens is 6. The topological polar surface area (TPSA) is 61.4 Å². The van der Waals surface area contributed by atoms with Crippen molar-refractivity contribution < 1.29 is 0 Å². The fourth-order valence-electron chi connectivity index (χ4n) is 15.5. The van der Waals surface area contributed by atoms with Crippen LogP contribution in [0.15, 0.2) is 279 Å². The van der Waals surface area contributed by atoms with Crippen molar-refractivity contribution in [2.24, 2.45) is 0 Å². The van der Waals surface area contributed by atoms with Crippen LogP contribution < -0.4 is 0 Å². The Morgan fingerprint density at radius 2 is 0.674 bits per heavy atom. The lowest BCUT2D eigenvalue weighted by Crippen LogP contribution is -2.03. The van der Waals surface area contributed by atoms with Crippen molar-refractivity contribution in [2.45, 2.75) is 0 Å². The molecule has 0 unspecified atom stereocenters. The zero-order valence-electron chi connectivity index (χ0n) is 49.1. The number of fused-ring (bicyclic) bond motifs is 14. The molecule has 0 fully saturated rings. The first kappa shape index (κ1) is 50.2. The average molecular weight is 1200 g/mol. The van der Waals surface area contributed by atoms with Crippen LogP contribution in [0.4, 0.5) is 0 Å². The standard InChI is InChI=1S/2C42H23N3S/c1-2-10-25(11-3-1)41-42(44-33-17-6-5-16-32(33)43-41)45-34-18-9-15-28-30-23-37-31(26-13-4-7-19-36(26)46-37)22-29(30)27-14-8-12-24-20-21-35(45)40(38(24)27)39(28)34;1-2-10-25(11-3-1)41-29-14-4-6-17-33(29)43-42(44-41)45-34-18-9-16-28-31-23-37-32(26-13-5-7-19-36(26)46-37)22-30(31)27-15-8-12-24-20-21-35(45)40(38(24)27)39(28)34/h2*1-23H. The van der Waals surface area contributed by atoms with Gasteiger partial charge in [-0.25, -0.2) is 19.9 Å². The molecule has 0 atom stereocenters. The number of hydrogen-bond donors (Lipinski definition) is 0. The average Bonchev–Trinajstić information content (AvgIpc) is 1.54. The Balaban J connectivity index is 0.000000124. The quantitative estimate of drug-likeness (QED) is 0.176. The maximum atomic E-state index is 5.36. The lowest BCUT2D eigenvalue weighted by Gasteiger charge is -2.16. The summed E-state index contributed by atoms with van der Waals surface area (Å²) in [6, 6.07) is 101. The highest BCUT2D eigenvalue weighted by atomic mass is 32.1. The molecule has 6 heterocycles. The van der Waals surface area contributed by atoms with Crippen LogP contribution in [0.3, 0.4) is 0 Å². The van der Waals surface area contributed by atoms with E-state index in [1.807, 2.05) is 46.9 Å². The van der Waals surface area contributed by atoms with Gasteiger partial charge in [0.2, 0.25) is 5.95 Å². The van der Waals surface area contributed by atoms with Gasteiger partial charge < -0.3 is 0 Å². The second kappa shape index (κ2) is 18.9. The lowest BCUT2D eigenvalue weighted by atomic mass is 9.92. The molecular formula is C84H46N6S2. The Labute approximate surface area is 533 Å². The predicted octanol–water partition coefficient (Wildman–Crippen LogP) is 23.1. The van der Waals surface area contributed by atoms with E-state index in [9.17, 15) is 0 Å². The Bertz CT molecular complexity index is 6630. The first-order valence-electron chi connectivity index (χ1n) is 31.2. The Morgan fingerprint density at radius 1 is 0.239 bits per heavy atom. The molecule has 92 heavy (non-hydrogen) atoms. The molecule has 2 aliphatic carbocycles. The largest absolute Gasteiger partial charge is 0.292 e. The minimum atomic E-state index is 0.687. The molecule has 0 bridgehead atoms. The number of para-hydroxylation sites is 3. The second-order valence-corrected chi connectivity index (χ2v) is 26.5. The molecule has 0 amide bonds. The summed E-state index contributed by atoms with van der Waals surface area (Å²) in [5, 5.41) is 16.5. The second-order valence-electron chi connectivity index (χ2n) is 24.3. The zero-order valence-corrected chi connectivity index (χ0v) is 50.7. The Kier molecular flexibility index (Phi) is 10.3. The van der Waals surface area contributed by atoms with Crippen LogP contribution in [0, 0.1) is 0 Å². The van der Waals surface area contributed by atoms with Gasteiger partial charge in [0, 0.05) is 78.4 Å². The van der Waals surface area contributed by atoms with Crippen LogP contribution in [0.25, 0.3) is 206 Å². The Morgan fingerprint density at radius 3 is 1.25 bits per heavy atom. The number of thiophene rings is 2. The summed E-state index contributed by atoms with van der Waals surface area (Å²) in [6.07, 6.45) is 0. The van der Waals surface area contributed by atoms with E-state index < -0.39 is 0 Å². The molecule has 0 radical (unpaired) electrons. The van der Waals surface area contributed by atoms with Crippen LogP contribution in [-0.4, -0.2) is 29.1 Å². The molecule has 0 saturated heterocycles. The van der Waals surface area contributed by atoms with Crippen LogP contribution in [-0.2, 0) is 0 Å². The van der Waals surface area contributed by atoms with Crippen LogP contribution in [0.2, 0.25) is 0 Å². The Hall–Kier alpha value is -11.7. The molecule has 22 rings (SSSR count). The molecule has 8 heteroatoms. The summed E-state index contributed by atoms with van der Waals surface area (Å²) >= 11 is 3.76. The van der Waals surface area contributed by atoms with Crippen molar-refractivity contribution in [3.8, 4) is 78.8 Å². The fraction of sp³-hybridized carbons (Fsp3) is 0. The van der Waals surface area contributed by atoms with E-state index in [1.54, 1.807) is 0 Å². The van der Waals surface area contributed by atoms with Gasteiger partial charge in [0.15, 0.2) is 5.82 Å². The molecule has 0 N–H and O–H groups in total. The van der Waals surface area contributed by atoms with Gasteiger partial charge >= 0.3 is 0 Å². The van der Waals surface area contributed by atoms with Crippen molar-refractivity contribution in [3.63, 3.8) is 0 Å². The SMILES string of the molecule is c1ccc(-c2nc(-n3c4cccc5c4c4c6c(cccc6ccc43)-c3cc4c(cc3-5)sc3ccccc34)nc3ccccc23)cc1.c1ccc(-c2nc3ccccc3nc2-n2c3cccc4c3c3c5c(cccc5ccc32)-c2cc3c(cc2-4)sc2ccccc23)cc1.